The molecule has 0 fully saturated rings. The summed E-state index contributed by atoms with van der Waals surface area (Å²) in [5.74, 6) is 0.0104. The van der Waals surface area contributed by atoms with Crippen molar-refractivity contribution >= 4 is 12.0 Å². The minimum Gasteiger partial charge on any atom is -0.449 e. The lowest BCUT2D eigenvalue weighted by Gasteiger charge is -2.24. The van der Waals surface area contributed by atoms with Crippen LogP contribution in [0.1, 0.15) is 33.6 Å². The highest BCUT2D eigenvalue weighted by atomic mass is 16.5. The van der Waals surface area contributed by atoms with Crippen molar-refractivity contribution in [2.75, 3.05) is 13.2 Å². The maximum absolute atomic E-state index is 12.4. The molecule has 0 saturated heterocycles. The lowest BCUT2D eigenvalue weighted by atomic mass is 10.0. The van der Waals surface area contributed by atoms with Gasteiger partial charge in [0.25, 0.3) is 0 Å². The van der Waals surface area contributed by atoms with Crippen LogP contribution in [0.5, 0.6) is 0 Å². The van der Waals surface area contributed by atoms with E-state index in [1.54, 1.807) is 6.92 Å². The van der Waals surface area contributed by atoms with Crippen molar-refractivity contribution in [3.05, 3.63) is 24.3 Å². The van der Waals surface area contributed by atoms with Crippen LogP contribution in [-0.2, 0) is 9.53 Å². The molecule has 4 atom stereocenters. The van der Waals surface area contributed by atoms with Crippen molar-refractivity contribution < 1.29 is 19.4 Å². The van der Waals surface area contributed by atoms with Crippen molar-refractivity contribution in [1.29, 1.82) is 0 Å². The van der Waals surface area contributed by atoms with Crippen LogP contribution in [0.2, 0.25) is 0 Å². The number of amides is 2. The Morgan fingerprint density at radius 3 is 2.56 bits per heavy atom. The number of aliphatic hydroxyl groups is 1. The van der Waals surface area contributed by atoms with Gasteiger partial charge in [0.2, 0.25) is 5.91 Å². The van der Waals surface area contributed by atoms with Gasteiger partial charge < -0.3 is 26.2 Å². The average molecular weight is 353 g/mol. The zero-order chi connectivity index (χ0) is 18.8. The van der Waals surface area contributed by atoms with E-state index in [1.807, 2.05) is 38.2 Å². The predicted octanol–water partition coefficient (Wildman–Crippen LogP) is 1.08. The molecule has 0 heterocycles. The molecule has 0 aromatic carbocycles. The van der Waals surface area contributed by atoms with E-state index in [0.29, 0.717) is 6.42 Å². The molecule has 1 rings (SSSR count). The Bertz CT molecular complexity index is 491. The molecule has 0 aromatic rings. The fourth-order valence-electron chi connectivity index (χ4n) is 2.45. The number of allylic oxidation sites excluding steroid dienone is 3. The quantitative estimate of drug-likeness (QED) is 0.495. The minimum absolute atomic E-state index is 0.0507. The van der Waals surface area contributed by atoms with Crippen molar-refractivity contribution in [1.82, 2.24) is 10.6 Å². The highest BCUT2D eigenvalue weighted by Gasteiger charge is 2.25. The third-order valence-electron chi connectivity index (χ3n) is 4.00. The summed E-state index contributed by atoms with van der Waals surface area (Å²) < 4.78 is 5.23. The molecule has 2 amide bonds. The van der Waals surface area contributed by atoms with Gasteiger partial charge in [-0.25, -0.2) is 4.79 Å². The van der Waals surface area contributed by atoms with Crippen LogP contribution >= 0.6 is 0 Å². The summed E-state index contributed by atoms with van der Waals surface area (Å²) in [6.07, 6.45) is 7.74. The van der Waals surface area contributed by atoms with E-state index >= 15 is 0 Å². The van der Waals surface area contributed by atoms with Crippen molar-refractivity contribution in [3.8, 4) is 0 Å². The van der Waals surface area contributed by atoms with Crippen LogP contribution in [0.25, 0.3) is 0 Å². The van der Waals surface area contributed by atoms with Crippen LogP contribution in [-0.4, -0.2) is 48.4 Å². The molecule has 0 bridgehead atoms. The molecule has 25 heavy (non-hydrogen) atoms. The summed E-state index contributed by atoms with van der Waals surface area (Å²) in [6.45, 7) is 5.92. The predicted molar refractivity (Wildman–Crippen MR) is 96.8 cm³/mol. The number of carbonyl (C=O) groups is 2. The third-order valence-corrected chi connectivity index (χ3v) is 4.00. The average Bonchev–Trinajstić information content (AvgIpc) is 2.59. The van der Waals surface area contributed by atoms with Gasteiger partial charge in [0.15, 0.2) is 0 Å². The van der Waals surface area contributed by atoms with Gasteiger partial charge in [-0.15, -0.1) is 0 Å². The lowest BCUT2D eigenvalue weighted by molar-refractivity contribution is -0.124. The zero-order valence-corrected chi connectivity index (χ0v) is 15.3. The Morgan fingerprint density at radius 1 is 1.28 bits per heavy atom. The molecule has 0 saturated carbocycles. The first-order valence-corrected chi connectivity index (χ1v) is 8.78. The number of hydrogen-bond donors (Lipinski definition) is 4. The van der Waals surface area contributed by atoms with Gasteiger partial charge in [-0.1, -0.05) is 38.2 Å². The highest BCUT2D eigenvalue weighted by Crippen LogP contribution is 2.12. The van der Waals surface area contributed by atoms with Gasteiger partial charge in [-0.05, 0) is 25.7 Å². The number of nitrogens with one attached hydrogen (secondary N) is 2. The van der Waals surface area contributed by atoms with Crippen LogP contribution in [0.4, 0.5) is 4.79 Å². The van der Waals surface area contributed by atoms with Gasteiger partial charge >= 0.3 is 6.09 Å². The number of rotatable bonds is 9. The molecule has 0 aliphatic heterocycles. The molecular weight excluding hydrogens is 322 g/mol. The first-order chi connectivity index (χ1) is 11.8. The van der Waals surface area contributed by atoms with E-state index in [1.165, 1.54) is 0 Å². The number of hydrogen-bond acceptors (Lipinski definition) is 5. The molecule has 0 radical (unpaired) electrons. The first-order valence-electron chi connectivity index (χ1n) is 8.78. The molecule has 7 heteroatoms. The second-order valence-corrected chi connectivity index (χ2v) is 6.83. The minimum atomic E-state index is -0.832. The fraction of sp³-hybridized carbons (Fsp3) is 0.667. The normalized spacial score (nSPS) is 20.0. The lowest BCUT2D eigenvalue weighted by Crippen LogP contribution is -2.53. The number of carbonyl (C=O) groups excluding carboxylic acids is 2. The maximum atomic E-state index is 12.4. The van der Waals surface area contributed by atoms with E-state index in [-0.39, 0.29) is 30.9 Å². The molecule has 1 aliphatic rings. The molecule has 142 valence electrons. The number of ether oxygens (including phenoxy) is 1. The van der Waals surface area contributed by atoms with Crippen molar-refractivity contribution in [2.45, 2.75) is 51.8 Å². The van der Waals surface area contributed by atoms with Crippen LogP contribution in [0.3, 0.4) is 0 Å². The van der Waals surface area contributed by atoms with E-state index < -0.39 is 24.3 Å². The standard InChI is InChI=1S/C18H31N3O4/c1-12(2)9-15(17(23)20-13(3)16(22)10-19)21-18(24)25-11-14-7-5-4-6-8-14/h4-7,12-16,22H,8-11,19H2,1-3H3,(H,20,23)(H,21,24)/t13-,14?,15-,16?/m0/s1. The molecule has 1 aliphatic carbocycles. The second-order valence-electron chi connectivity index (χ2n) is 6.83. The summed E-state index contributed by atoms with van der Waals surface area (Å²) in [6, 6.07) is -1.22. The summed E-state index contributed by atoms with van der Waals surface area (Å²) in [4.78, 5) is 24.4. The largest absolute Gasteiger partial charge is 0.449 e. The van der Waals surface area contributed by atoms with Gasteiger partial charge in [-0.3, -0.25) is 4.79 Å². The molecule has 5 N–H and O–H groups in total. The molecule has 0 aromatic heterocycles. The first kappa shape index (κ1) is 21.2. The molecule has 7 nitrogen and oxygen atoms in total. The van der Waals surface area contributed by atoms with Gasteiger partial charge in [0.1, 0.15) is 6.04 Å². The summed E-state index contributed by atoms with van der Waals surface area (Å²) in [5.41, 5.74) is 5.40. The summed E-state index contributed by atoms with van der Waals surface area (Å²) in [7, 11) is 0. The number of aliphatic hydroxyl groups excluding tert-OH is 1. The maximum Gasteiger partial charge on any atom is 0.407 e. The molecular formula is C18H31N3O4. The number of alkyl carbamates (subject to hydrolysis) is 1. The van der Waals surface area contributed by atoms with E-state index in [0.717, 1.165) is 6.42 Å². The topological polar surface area (TPSA) is 114 Å². The Balaban J connectivity index is 2.52. The summed E-state index contributed by atoms with van der Waals surface area (Å²) >= 11 is 0. The molecule has 2 unspecified atom stereocenters. The van der Waals surface area contributed by atoms with E-state index in [9.17, 15) is 14.7 Å². The van der Waals surface area contributed by atoms with Crippen molar-refractivity contribution in [2.24, 2.45) is 17.6 Å². The van der Waals surface area contributed by atoms with Gasteiger partial charge in [-0.2, -0.15) is 0 Å². The Morgan fingerprint density at radius 2 is 2.00 bits per heavy atom. The summed E-state index contributed by atoms with van der Waals surface area (Å²) in [5, 5.41) is 15.0. The third kappa shape index (κ3) is 8.18. The van der Waals surface area contributed by atoms with Crippen LogP contribution in [0.15, 0.2) is 24.3 Å². The van der Waals surface area contributed by atoms with E-state index in [4.69, 9.17) is 10.5 Å². The fourth-order valence-corrected chi connectivity index (χ4v) is 2.45. The zero-order valence-electron chi connectivity index (χ0n) is 15.3. The smallest absolute Gasteiger partial charge is 0.407 e. The second kappa shape index (κ2) is 10.9. The Labute approximate surface area is 149 Å². The monoisotopic (exact) mass is 353 g/mol. The highest BCUT2D eigenvalue weighted by molar-refractivity contribution is 5.85. The number of nitrogens with two attached hydrogens (primary N) is 1. The SMILES string of the molecule is CC(C)C[C@H](NC(=O)OCC1C=CC=CC1)C(=O)N[C@@H](C)C(O)CN. The van der Waals surface area contributed by atoms with Crippen LogP contribution in [0, 0.1) is 11.8 Å². The van der Waals surface area contributed by atoms with Crippen molar-refractivity contribution in [3.63, 3.8) is 0 Å². The molecule has 0 spiro atoms. The van der Waals surface area contributed by atoms with E-state index in [2.05, 4.69) is 10.6 Å². The van der Waals surface area contributed by atoms with Gasteiger partial charge in [0, 0.05) is 12.5 Å². The van der Waals surface area contributed by atoms with Gasteiger partial charge in [0.05, 0.1) is 18.8 Å². The van der Waals surface area contributed by atoms with Crippen LogP contribution < -0.4 is 16.4 Å². The Kier molecular flexibility index (Phi) is 9.23. The Hall–Kier alpha value is -1.86.